The maximum absolute atomic E-state index is 12.4. The Morgan fingerprint density at radius 1 is 1.24 bits per heavy atom. The fourth-order valence-electron chi connectivity index (χ4n) is 2.37. The van der Waals surface area contributed by atoms with E-state index in [1.54, 1.807) is 34.8 Å². The summed E-state index contributed by atoms with van der Waals surface area (Å²) in [6, 6.07) is 5.00. The topological polar surface area (TPSA) is 79.3 Å². The van der Waals surface area contributed by atoms with Gasteiger partial charge in [0.25, 0.3) is 0 Å². The number of aryl methyl sites for hydroxylation is 2. The Balaban J connectivity index is 2.02. The summed E-state index contributed by atoms with van der Waals surface area (Å²) in [5.41, 5.74) is 3.31. The fraction of sp³-hybridized carbons (Fsp3) is 0.389. The number of carbonyl (C=O) groups is 2. The van der Waals surface area contributed by atoms with Crippen molar-refractivity contribution in [2.24, 2.45) is 0 Å². The Kier molecular flexibility index (Phi) is 5.93. The van der Waals surface area contributed by atoms with E-state index in [4.69, 9.17) is 0 Å². The van der Waals surface area contributed by atoms with Gasteiger partial charge in [-0.2, -0.15) is 5.10 Å². The zero-order valence-electron chi connectivity index (χ0n) is 15.3. The van der Waals surface area contributed by atoms with Crippen molar-refractivity contribution in [1.82, 2.24) is 14.7 Å². The van der Waals surface area contributed by atoms with Crippen LogP contribution in [-0.2, 0) is 9.59 Å². The lowest BCUT2D eigenvalue weighted by molar-refractivity contribution is -0.119. The van der Waals surface area contributed by atoms with Crippen LogP contribution >= 0.6 is 0 Å². The Morgan fingerprint density at radius 2 is 1.96 bits per heavy atom. The molecule has 1 heterocycles. The highest BCUT2D eigenvalue weighted by atomic mass is 16.2. The number of nitrogens with zero attached hydrogens (tertiary/aromatic N) is 3. The van der Waals surface area contributed by atoms with Gasteiger partial charge in [-0.3, -0.25) is 14.3 Å². The minimum atomic E-state index is -0.409. The third-order valence-corrected chi connectivity index (χ3v) is 3.73. The molecule has 0 saturated carbocycles. The van der Waals surface area contributed by atoms with Crippen molar-refractivity contribution in [3.05, 3.63) is 41.7 Å². The molecule has 1 atom stereocenters. The van der Waals surface area contributed by atoms with Gasteiger partial charge < -0.3 is 15.5 Å². The molecule has 2 aromatic rings. The predicted molar refractivity (Wildman–Crippen MR) is 98.7 cm³/mol. The normalized spacial score (nSPS) is 12.1. The van der Waals surface area contributed by atoms with Crippen LogP contribution in [0.3, 0.4) is 0 Å². The molecule has 7 nitrogen and oxygen atoms in total. The Morgan fingerprint density at radius 3 is 2.52 bits per heavy atom. The molecular formula is C18H25N5O2. The lowest BCUT2D eigenvalue weighted by Gasteiger charge is -2.15. The predicted octanol–water partition coefficient (Wildman–Crippen LogP) is 2.20. The molecule has 0 bridgehead atoms. The van der Waals surface area contributed by atoms with E-state index in [2.05, 4.69) is 15.7 Å². The lowest BCUT2D eigenvalue weighted by Crippen LogP contribution is -2.27. The summed E-state index contributed by atoms with van der Waals surface area (Å²) in [7, 11) is 3.68. The van der Waals surface area contributed by atoms with Crippen molar-refractivity contribution in [2.75, 3.05) is 31.3 Å². The van der Waals surface area contributed by atoms with Crippen molar-refractivity contribution >= 4 is 23.2 Å². The molecule has 134 valence electrons. The molecule has 0 aliphatic heterocycles. The first-order valence-electron chi connectivity index (χ1n) is 8.13. The number of benzene rings is 1. The Hall–Kier alpha value is -2.67. The lowest BCUT2D eigenvalue weighted by atomic mass is 10.1. The van der Waals surface area contributed by atoms with Crippen LogP contribution in [0.2, 0.25) is 0 Å². The monoisotopic (exact) mass is 343 g/mol. The average molecular weight is 343 g/mol. The van der Waals surface area contributed by atoms with Crippen LogP contribution in [0, 0.1) is 13.8 Å². The number of hydrogen-bond donors (Lipinski definition) is 2. The molecule has 7 heteroatoms. The molecule has 2 N–H and O–H groups in total. The minimum absolute atomic E-state index is 0.0763. The third kappa shape index (κ3) is 5.15. The largest absolute Gasteiger partial charge is 0.325 e. The number of anilines is 2. The maximum Gasteiger partial charge on any atom is 0.248 e. The van der Waals surface area contributed by atoms with E-state index >= 15 is 0 Å². The van der Waals surface area contributed by atoms with Crippen LogP contribution in [0.15, 0.2) is 30.6 Å². The van der Waals surface area contributed by atoms with E-state index in [1.807, 2.05) is 40.2 Å². The highest BCUT2D eigenvalue weighted by Gasteiger charge is 2.16. The second kappa shape index (κ2) is 7.94. The zero-order valence-corrected chi connectivity index (χ0v) is 15.3. The standard InChI is InChI=1S/C18H25N5O2/c1-12-9-19-23(10-12)14(3)18(25)20-15-6-7-16(13(2)8-15)21-17(24)11-22(4)5/h6-10,14H,11H2,1-5H3,(H,20,25)(H,21,24). The van der Waals surface area contributed by atoms with Crippen LogP contribution in [0.1, 0.15) is 24.1 Å². The number of likely N-dealkylation sites (N-methyl/N-ethyl adjacent to an activating group) is 1. The van der Waals surface area contributed by atoms with Gasteiger partial charge in [0.2, 0.25) is 11.8 Å². The molecule has 0 fully saturated rings. The van der Waals surface area contributed by atoms with Crippen LogP contribution in [-0.4, -0.2) is 47.1 Å². The summed E-state index contributed by atoms with van der Waals surface area (Å²) < 4.78 is 1.63. The molecule has 0 aliphatic rings. The van der Waals surface area contributed by atoms with Gasteiger partial charge in [-0.25, -0.2) is 0 Å². The van der Waals surface area contributed by atoms with Gasteiger partial charge in [-0.15, -0.1) is 0 Å². The van der Waals surface area contributed by atoms with Crippen molar-refractivity contribution in [2.45, 2.75) is 26.8 Å². The van der Waals surface area contributed by atoms with Crippen molar-refractivity contribution in [3.63, 3.8) is 0 Å². The minimum Gasteiger partial charge on any atom is -0.325 e. The average Bonchev–Trinajstić information content (AvgIpc) is 2.95. The molecule has 1 unspecified atom stereocenters. The summed E-state index contributed by atoms with van der Waals surface area (Å²) in [6.07, 6.45) is 3.55. The number of nitrogens with one attached hydrogen (secondary N) is 2. The van der Waals surface area contributed by atoms with Gasteiger partial charge in [0, 0.05) is 17.6 Å². The second-order valence-corrected chi connectivity index (χ2v) is 6.48. The molecule has 0 radical (unpaired) electrons. The van der Waals surface area contributed by atoms with Crippen molar-refractivity contribution in [1.29, 1.82) is 0 Å². The first kappa shape index (κ1) is 18.7. The Labute approximate surface area is 148 Å². The molecule has 2 amide bonds. The number of carbonyl (C=O) groups excluding carboxylic acids is 2. The van der Waals surface area contributed by atoms with Gasteiger partial charge in [0.15, 0.2) is 0 Å². The summed E-state index contributed by atoms with van der Waals surface area (Å²) in [5, 5.41) is 9.92. The summed E-state index contributed by atoms with van der Waals surface area (Å²) in [6.45, 7) is 5.94. The summed E-state index contributed by atoms with van der Waals surface area (Å²) in [5.74, 6) is -0.223. The van der Waals surface area contributed by atoms with Crippen LogP contribution in [0.25, 0.3) is 0 Å². The number of amides is 2. The molecule has 1 aromatic carbocycles. The third-order valence-electron chi connectivity index (χ3n) is 3.73. The number of aromatic nitrogens is 2. The molecule has 25 heavy (non-hydrogen) atoms. The van der Waals surface area contributed by atoms with Crippen LogP contribution in [0.5, 0.6) is 0 Å². The SMILES string of the molecule is Cc1cnn(C(C)C(=O)Nc2ccc(NC(=O)CN(C)C)c(C)c2)c1. The van der Waals surface area contributed by atoms with E-state index in [1.165, 1.54) is 0 Å². The highest BCUT2D eigenvalue weighted by Crippen LogP contribution is 2.20. The molecular weight excluding hydrogens is 318 g/mol. The van der Waals surface area contributed by atoms with Gasteiger partial charge in [-0.05, 0) is 64.2 Å². The number of hydrogen-bond acceptors (Lipinski definition) is 4. The maximum atomic E-state index is 12.4. The fourth-order valence-corrected chi connectivity index (χ4v) is 2.37. The number of rotatable bonds is 6. The van der Waals surface area contributed by atoms with Crippen LogP contribution < -0.4 is 10.6 Å². The van der Waals surface area contributed by atoms with E-state index in [-0.39, 0.29) is 11.8 Å². The van der Waals surface area contributed by atoms with E-state index in [9.17, 15) is 9.59 Å². The van der Waals surface area contributed by atoms with E-state index in [0.29, 0.717) is 12.2 Å². The van der Waals surface area contributed by atoms with Crippen molar-refractivity contribution < 1.29 is 9.59 Å². The van der Waals surface area contributed by atoms with Gasteiger partial charge in [0.1, 0.15) is 6.04 Å². The molecule has 2 rings (SSSR count). The zero-order chi connectivity index (χ0) is 18.6. The molecule has 1 aromatic heterocycles. The first-order chi connectivity index (χ1) is 11.8. The second-order valence-electron chi connectivity index (χ2n) is 6.48. The van der Waals surface area contributed by atoms with E-state index < -0.39 is 6.04 Å². The van der Waals surface area contributed by atoms with E-state index in [0.717, 1.165) is 16.8 Å². The molecule has 0 aliphatic carbocycles. The Bertz CT molecular complexity index is 767. The van der Waals surface area contributed by atoms with Crippen molar-refractivity contribution in [3.8, 4) is 0 Å². The molecule has 0 spiro atoms. The van der Waals surface area contributed by atoms with Gasteiger partial charge >= 0.3 is 0 Å². The van der Waals surface area contributed by atoms with Crippen LogP contribution in [0.4, 0.5) is 11.4 Å². The highest BCUT2D eigenvalue weighted by molar-refractivity contribution is 5.95. The van der Waals surface area contributed by atoms with Gasteiger partial charge in [-0.1, -0.05) is 0 Å². The summed E-state index contributed by atoms with van der Waals surface area (Å²) in [4.78, 5) is 26.0. The quantitative estimate of drug-likeness (QED) is 0.843. The summed E-state index contributed by atoms with van der Waals surface area (Å²) >= 11 is 0. The van der Waals surface area contributed by atoms with Gasteiger partial charge in [0.05, 0.1) is 12.7 Å². The smallest absolute Gasteiger partial charge is 0.248 e. The first-order valence-corrected chi connectivity index (χ1v) is 8.13. The molecule has 0 saturated heterocycles.